The fraction of sp³-hybridized carbons (Fsp3) is 0.712. The summed E-state index contributed by atoms with van der Waals surface area (Å²) in [6.45, 7) is 6.45. The molecule has 0 aromatic carbocycles. The highest BCUT2D eigenvalue weighted by molar-refractivity contribution is 5.71. The third-order valence-electron chi connectivity index (χ3n) is 11.4. The second kappa shape index (κ2) is 53.2. The van der Waals surface area contributed by atoms with Crippen LogP contribution in [0.15, 0.2) is 85.1 Å². The van der Waals surface area contributed by atoms with Crippen molar-refractivity contribution in [2.75, 3.05) is 13.2 Å². The zero-order chi connectivity index (χ0) is 47.2. The second-order valence-electron chi connectivity index (χ2n) is 17.8. The van der Waals surface area contributed by atoms with Gasteiger partial charge in [-0.15, -0.1) is 0 Å². The van der Waals surface area contributed by atoms with Crippen molar-refractivity contribution in [1.29, 1.82) is 0 Å². The van der Waals surface area contributed by atoms with Crippen molar-refractivity contribution in [3.63, 3.8) is 0 Å². The van der Waals surface area contributed by atoms with Gasteiger partial charge in [-0.2, -0.15) is 0 Å². The summed E-state index contributed by atoms with van der Waals surface area (Å²) in [5, 5.41) is 0. The number of carbonyl (C=O) groups excluding carboxylic acids is 3. The van der Waals surface area contributed by atoms with E-state index in [1.807, 2.05) is 0 Å². The molecule has 0 aliphatic heterocycles. The molecule has 0 unspecified atom stereocenters. The number of esters is 3. The van der Waals surface area contributed by atoms with Crippen molar-refractivity contribution in [3.05, 3.63) is 85.1 Å². The largest absolute Gasteiger partial charge is 0.462 e. The summed E-state index contributed by atoms with van der Waals surface area (Å²) in [4.78, 5) is 38.0. The van der Waals surface area contributed by atoms with E-state index in [1.54, 1.807) is 0 Å². The Balaban J connectivity index is 4.45. The van der Waals surface area contributed by atoms with E-state index in [9.17, 15) is 14.4 Å². The fourth-order valence-corrected chi connectivity index (χ4v) is 7.31. The maximum atomic E-state index is 12.8. The third kappa shape index (κ3) is 51.4. The SMILES string of the molecule is CC/C=C\C/C=C\C/C=C\C/C=C\C/C=C\CCCCCC(=O)OC[C@@H](COC(=O)CCCCCCCCCCCCCCCC)OC(=O)CCCCCCC/C=C\C/C=C\CCCC. The average Bonchev–Trinajstić information content (AvgIpc) is 3.30. The van der Waals surface area contributed by atoms with E-state index in [0.717, 1.165) is 122 Å². The van der Waals surface area contributed by atoms with Crippen molar-refractivity contribution in [1.82, 2.24) is 0 Å². The highest BCUT2D eigenvalue weighted by Crippen LogP contribution is 2.15. The first kappa shape index (κ1) is 61.6. The molecule has 0 amide bonds. The second-order valence-corrected chi connectivity index (χ2v) is 17.8. The van der Waals surface area contributed by atoms with Crippen LogP contribution >= 0.6 is 0 Å². The van der Waals surface area contributed by atoms with Gasteiger partial charge in [-0.05, 0) is 89.9 Å². The average molecular weight is 905 g/mol. The zero-order valence-corrected chi connectivity index (χ0v) is 42.5. The minimum atomic E-state index is -0.796. The third-order valence-corrected chi connectivity index (χ3v) is 11.4. The molecule has 0 aromatic rings. The van der Waals surface area contributed by atoms with Crippen molar-refractivity contribution in [3.8, 4) is 0 Å². The molecule has 0 saturated heterocycles. The summed E-state index contributed by atoms with van der Waals surface area (Å²) in [7, 11) is 0. The van der Waals surface area contributed by atoms with Crippen LogP contribution < -0.4 is 0 Å². The van der Waals surface area contributed by atoms with Crippen molar-refractivity contribution in [2.45, 2.75) is 258 Å². The quantitative estimate of drug-likeness (QED) is 0.0262. The first-order valence-electron chi connectivity index (χ1n) is 27.1. The van der Waals surface area contributed by atoms with Crippen LogP contribution in [0.2, 0.25) is 0 Å². The summed E-state index contributed by atoms with van der Waals surface area (Å²) in [6, 6.07) is 0. The van der Waals surface area contributed by atoms with Gasteiger partial charge in [0.25, 0.3) is 0 Å². The lowest BCUT2D eigenvalue weighted by atomic mass is 10.0. The van der Waals surface area contributed by atoms with Crippen LogP contribution in [-0.4, -0.2) is 37.2 Å². The lowest BCUT2D eigenvalue weighted by Gasteiger charge is -2.18. The molecule has 6 nitrogen and oxygen atoms in total. The maximum absolute atomic E-state index is 12.8. The fourth-order valence-electron chi connectivity index (χ4n) is 7.31. The predicted octanol–water partition coefficient (Wildman–Crippen LogP) is 18.0. The van der Waals surface area contributed by atoms with Crippen LogP contribution in [0.3, 0.4) is 0 Å². The Bertz CT molecular complexity index is 1270. The molecular weight excluding hydrogens is 805 g/mol. The van der Waals surface area contributed by atoms with E-state index < -0.39 is 6.10 Å². The zero-order valence-electron chi connectivity index (χ0n) is 42.5. The molecule has 0 fully saturated rings. The number of ether oxygens (including phenoxy) is 3. The van der Waals surface area contributed by atoms with Gasteiger partial charge >= 0.3 is 17.9 Å². The van der Waals surface area contributed by atoms with E-state index in [1.165, 1.54) is 89.9 Å². The number of allylic oxidation sites excluding steroid dienone is 14. The van der Waals surface area contributed by atoms with E-state index >= 15 is 0 Å². The van der Waals surface area contributed by atoms with Gasteiger partial charge in [0.2, 0.25) is 0 Å². The monoisotopic (exact) mass is 905 g/mol. The Labute approximate surface area is 401 Å². The molecule has 0 radical (unpaired) electrons. The molecule has 0 aliphatic carbocycles. The van der Waals surface area contributed by atoms with Gasteiger partial charge in [0, 0.05) is 19.3 Å². The van der Waals surface area contributed by atoms with E-state index in [4.69, 9.17) is 14.2 Å². The van der Waals surface area contributed by atoms with Gasteiger partial charge in [-0.1, -0.05) is 228 Å². The highest BCUT2D eigenvalue weighted by Gasteiger charge is 2.19. The smallest absolute Gasteiger partial charge is 0.306 e. The Morgan fingerprint density at radius 3 is 1.00 bits per heavy atom. The van der Waals surface area contributed by atoms with E-state index in [0.29, 0.717) is 19.3 Å². The lowest BCUT2D eigenvalue weighted by Crippen LogP contribution is -2.30. The molecule has 0 N–H and O–H groups in total. The molecule has 0 spiro atoms. The molecule has 372 valence electrons. The van der Waals surface area contributed by atoms with Crippen molar-refractivity contribution in [2.24, 2.45) is 0 Å². The summed E-state index contributed by atoms with van der Waals surface area (Å²) < 4.78 is 16.8. The summed E-state index contributed by atoms with van der Waals surface area (Å²) in [5.41, 5.74) is 0. The number of hydrogen-bond acceptors (Lipinski definition) is 6. The Morgan fingerprint density at radius 2 is 0.615 bits per heavy atom. The molecule has 6 heteroatoms. The number of carbonyl (C=O) groups is 3. The highest BCUT2D eigenvalue weighted by atomic mass is 16.6. The number of rotatable bonds is 48. The molecule has 65 heavy (non-hydrogen) atoms. The minimum absolute atomic E-state index is 0.0915. The molecule has 0 rings (SSSR count). The minimum Gasteiger partial charge on any atom is -0.462 e. The molecular formula is C59H100O6. The Hall–Kier alpha value is -3.41. The van der Waals surface area contributed by atoms with Gasteiger partial charge in [-0.25, -0.2) is 0 Å². The maximum Gasteiger partial charge on any atom is 0.306 e. The summed E-state index contributed by atoms with van der Waals surface area (Å²) in [5.74, 6) is -0.936. The van der Waals surface area contributed by atoms with E-state index in [-0.39, 0.29) is 31.1 Å². The van der Waals surface area contributed by atoms with Gasteiger partial charge in [-0.3, -0.25) is 14.4 Å². The molecule has 0 aromatic heterocycles. The number of unbranched alkanes of at least 4 members (excludes halogenated alkanes) is 23. The number of hydrogen-bond donors (Lipinski definition) is 0. The molecule has 1 atom stereocenters. The van der Waals surface area contributed by atoms with Crippen LogP contribution in [0, 0.1) is 0 Å². The van der Waals surface area contributed by atoms with Crippen LogP contribution in [0.4, 0.5) is 0 Å². The first-order valence-corrected chi connectivity index (χ1v) is 27.1. The topological polar surface area (TPSA) is 78.9 Å². The van der Waals surface area contributed by atoms with E-state index in [2.05, 4.69) is 106 Å². The molecule has 0 saturated carbocycles. The Kier molecular flexibility index (Phi) is 50.4. The first-order chi connectivity index (χ1) is 32.0. The standard InChI is InChI=1S/C59H100O6/c1-4-7-10-13-16-19-22-25-28-29-30-31-32-35-37-40-43-46-49-52-58(61)64-55-56(65-59(62)53-50-47-44-41-38-34-27-24-21-18-15-12-9-6-3)54-63-57(60)51-48-45-42-39-36-33-26-23-20-17-14-11-8-5-2/h7,10,15-16,18-19,24-25,27-28,30-31,35,37,56H,4-6,8-9,11-14,17,20-23,26,29,32-34,36,38-55H2,1-3H3/b10-7-,18-15-,19-16-,27-24-,28-25-,31-30-,37-35-/t56-/m1/s1. The van der Waals surface area contributed by atoms with Gasteiger partial charge < -0.3 is 14.2 Å². The normalized spacial score (nSPS) is 12.7. The molecule has 0 aliphatic rings. The van der Waals surface area contributed by atoms with Crippen LogP contribution in [-0.2, 0) is 28.6 Å². The lowest BCUT2D eigenvalue weighted by molar-refractivity contribution is -0.167. The van der Waals surface area contributed by atoms with Crippen molar-refractivity contribution >= 4 is 17.9 Å². The predicted molar refractivity (Wildman–Crippen MR) is 279 cm³/mol. The van der Waals surface area contributed by atoms with Gasteiger partial charge in [0.05, 0.1) is 0 Å². The molecule has 0 bridgehead atoms. The van der Waals surface area contributed by atoms with Crippen LogP contribution in [0.1, 0.15) is 252 Å². The van der Waals surface area contributed by atoms with Gasteiger partial charge in [0.1, 0.15) is 13.2 Å². The van der Waals surface area contributed by atoms with Crippen LogP contribution in [0.25, 0.3) is 0 Å². The summed E-state index contributed by atoms with van der Waals surface area (Å²) >= 11 is 0. The van der Waals surface area contributed by atoms with Crippen molar-refractivity contribution < 1.29 is 28.6 Å². The van der Waals surface area contributed by atoms with Gasteiger partial charge in [0.15, 0.2) is 6.10 Å². The Morgan fingerprint density at radius 1 is 0.323 bits per heavy atom. The van der Waals surface area contributed by atoms with Crippen LogP contribution in [0.5, 0.6) is 0 Å². The summed E-state index contributed by atoms with van der Waals surface area (Å²) in [6.07, 6.45) is 68.5. The molecule has 0 heterocycles.